The van der Waals surface area contributed by atoms with Crippen LogP contribution in [0.2, 0.25) is 0 Å². The molecular weight excluding hydrogens is 400 g/mol. The molecule has 6 nitrogen and oxygen atoms in total. The van der Waals surface area contributed by atoms with E-state index in [0.717, 1.165) is 31.5 Å². The third kappa shape index (κ3) is 4.43. The van der Waals surface area contributed by atoms with Gasteiger partial charge in [0.05, 0.1) is 18.5 Å². The first-order chi connectivity index (χ1) is 15.4. The maximum absolute atomic E-state index is 13.5. The largest absolute Gasteiger partial charge is 0.354 e. The van der Waals surface area contributed by atoms with Crippen LogP contribution < -0.4 is 16.4 Å². The molecule has 6 heteroatoms. The summed E-state index contributed by atoms with van der Waals surface area (Å²) in [6, 6.07) is 18.5. The van der Waals surface area contributed by atoms with Gasteiger partial charge in [0.25, 0.3) is 0 Å². The minimum absolute atomic E-state index is 0.0642. The van der Waals surface area contributed by atoms with Crippen molar-refractivity contribution < 1.29 is 9.59 Å². The zero-order valence-electron chi connectivity index (χ0n) is 19.0. The molecule has 0 aromatic heterocycles. The monoisotopic (exact) mass is 434 g/mol. The molecule has 2 aromatic rings. The number of rotatable bonds is 6. The lowest BCUT2D eigenvalue weighted by molar-refractivity contribution is -0.131. The molecule has 0 radical (unpaired) electrons. The fourth-order valence-corrected chi connectivity index (χ4v) is 5.57. The van der Waals surface area contributed by atoms with Gasteiger partial charge in [-0.15, -0.1) is 0 Å². The standard InChI is InChI=1S/C26H34N4O2/c1-18(2)28-25(32)22-16-30(15-19-8-4-3-5-9-19)17-26(22)13-12-20-10-6-7-11-21(20)24(26)29-23(31)14-27/h3-11,18,22,24H,12-17,27H2,1-2H3,(H,28,32)(H,29,31)/t22-,24-,26-/m0/s1. The Morgan fingerprint density at radius 3 is 2.56 bits per heavy atom. The number of aryl methyl sites for hydroxylation is 1. The summed E-state index contributed by atoms with van der Waals surface area (Å²) in [4.78, 5) is 28.3. The van der Waals surface area contributed by atoms with Crippen molar-refractivity contribution >= 4 is 11.8 Å². The Morgan fingerprint density at radius 1 is 1.12 bits per heavy atom. The lowest BCUT2D eigenvalue weighted by atomic mass is 9.62. The van der Waals surface area contributed by atoms with Crippen LogP contribution in [0, 0.1) is 11.3 Å². The summed E-state index contributed by atoms with van der Waals surface area (Å²) in [6.45, 7) is 6.13. The van der Waals surface area contributed by atoms with Crippen LogP contribution in [0.1, 0.15) is 43.0 Å². The SMILES string of the molecule is CC(C)NC(=O)[C@@H]1CN(Cc2ccccc2)C[C@@]12CCc1ccccc1[C@@H]2NC(=O)CN. The predicted octanol–water partition coefficient (Wildman–Crippen LogP) is 2.39. The van der Waals surface area contributed by atoms with Crippen molar-refractivity contribution in [3.8, 4) is 0 Å². The van der Waals surface area contributed by atoms with E-state index >= 15 is 0 Å². The van der Waals surface area contributed by atoms with E-state index in [0.29, 0.717) is 6.54 Å². The van der Waals surface area contributed by atoms with Crippen LogP contribution in [0.5, 0.6) is 0 Å². The first kappa shape index (κ1) is 22.5. The number of nitrogens with zero attached hydrogens (tertiary/aromatic N) is 1. The number of carbonyl (C=O) groups excluding carboxylic acids is 2. The van der Waals surface area contributed by atoms with Gasteiger partial charge < -0.3 is 16.4 Å². The Morgan fingerprint density at radius 2 is 1.84 bits per heavy atom. The molecule has 1 spiro atoms. The Bertz CT molecular complexity index is 961. The van der Waals surface area contributed by atoms with E-state index in [1.807, 2.05) is 44.2 Å². The van der Waals surface area contributed by atoms with Crippen LogP contribution >= 0.6 is 0 Å². The maximum Gasteiger partial charge on any atom is 0.234 e. The molecule has 1 fully saturated rings. The first-order valence-corrected chi connectivity index (χ1v) is 11.6. The van der Waals surface area contributed by atoms with Crippen LogP contribution in [0.4, 0.5) is 0 Å². The normalized spacial score (nSPS) is 25.0. The van der Waals surface area contributed by atoms with E-state index in [2.05, 4.69) is 39.8 Å². The minimum atomic E-state index is -0.382. The van der Waals surface area contributed by atoms with Gasteiger partial charge in [0.1, 0.15) is 0 Å². The van der Waals surface area contributed by atoms with Gasteiger partial charge in [-0.3, -0.25) is 14.5 Å². The zero-order chi connectivity index (χ0) is 22.7. The number of hydrogen-bond donors (Lipinski definition) is 3. The molecule has 170 valence electrons. The fourth-order valence-electron chi connectivity index (χ4n) is 5.57. The Labute approximate surface area is 190 Å². The fraction of sp³-hybridized carbons (Fsp3) is 0.462. The first-order valence-electron chi connectivity index (χ1n) is 11.6. The smallest absolute Gasteiger partial charge is 0.234 e. The van der Waals surface area contributed by atoms with Crippen molar-refractivity contribution in [3.63, 3.8) is 0 Å². The van der Waals surface area contributed by atoms with Crippen molar-refractivity contribution in [1.29, 1.82) is 0 Å². The molecule has 0 saturated carbocycles. The highest BCUT2D eigenvalue weighted by atomic mass is 16.2. The van der Waals surface area contributed by atoms with E-state index in [-0.39, 0.29) is 41.8 Å². The third-order valence-electron chi connectivity index (χ3n) is 6.94. The summed E-state index contributed by atoms with van der Waals surface area (Å²) in [7, 11) is 0. The van der Waals surface area contributed by atoms with Crippen LogP contribution in [-0.4, -0.2) is 42.4 Å². The maximum atomic E-state index is 13.5. The molecule has 2 aliphatic rings. The highest BCUT2D eigenvalue weighted by Gasteiger charge is 2.56. The number of hydrogen-bond acceptors (Lipinski definition) is 4. The minimum Gasteiger partial charge on any atom is -0.354 e. The number of benzene rings is 2. The van der Waals surface area contributed by atoms with E-state index in [9.17, 15) is 9.59 Å². The molecule has 1 aliphatic heterocycles. The number of amides is 2. The van der Waals surface area contributed by atoms with Gasteiger partial charge in [0.2, 0.25) is 11.8 Å². The van der Waals surface area contributed by atoms with E-state index in [1.165, 1.54) is 11.1 Å². The average molecular weight is 435 g/mol. The molecule has 2 aromatic carbocycles. The molecule has 1 saturated heterocycles. The summed E-state index contributed by atoms with van der Waals surface area (Å²) in [5.74, 6) is -0.331. The number of fused-ring (bicyclic) bond motifs is 1. The van der Waals surface area contributed by atoms with Crippen LogP contribution in [-0.2, 0) is 22.6 Å². The second-order valence-electron chi connectivity index (χ2n) is 9.51. The lowest BCUT2D eigenvalue weighted by Gasteiger charge is -2.46. The molecule has 1 heterocycles. The quantitative estimate of drug-likeness (QED) is 0.652. The van der Waals surface area contributed by atoms with Gasteiger partial charge in [-0.1, -0.05) is 54.6 Å². The van der Waals surface area contributed by atoms with Crippen molar-refractivity contribution in [3.05, 3.63) is 71.3 Å². The van der Waals surface area contributed by atoms with Gasteiger partial charge in [0.15, 0.2) is 0 Å². The molecular formula is C26H34N4O2. The Balaban J connectivity index is 1.73. The molecule has 4 N–H and O–H groups in total. The molecule has 2 amide bonds. The lowest BCUT2D eigenvalue weighted by Crippen LogP contribution is -2.53. The van der Waals surface area contributed by atoms with Gasteiger partial charge in [-0.25, -0.2) is 0 Å². The topological polar surface area (TPSA) is 87.5 Å². The van der Waals surface area contributed by atoms with E-state index in [1.54, 1.807) is 0 Å². The molecule has 4 rings (SSSR count). The number of carbonyl (C=O) groups is 2. The van der Waals surface area contributed by atoms with Crippen LogP contribution in [0.25, 0.3) is 0 Å². The second-order valence-corrected chi connectivity index (χ2v) is 9.51. The van der Waals surface area contributed by atoms with Gasteiger partial charge in [-0.05, 0) is 43.4 Å². The Kier molecular flexibility index (Phi) is 6.63. The summed E-state index contributed by atoms with van der Waals surface area (Å²) in [6.07, 6.45) is 1.75. The molecule has 0 bridgehead atoms. The Hall–Kier alpha value is -2.70. The summed E-state index contributed by atoms with van der Waals surface area (Å²) < 4.78 is 0. The average Bonchev–Trinajstić information content (AvgIpc) is 3.14. The van der Waals surface area contributed by atoms with Crippen molar-refractivity contribution in [2.45, 2.75) is 45.3 Å². The number of nitrogens with two attached hydrogens (primary N) is 1. The van der Waals surface area contributed by atoms with E-state index < -0.39 is 0 Å². The van der Waals surface area contributed by atoms with Gasteiger partial charge in [-0.2, -0.15) is 0 Å². The van der Waals surface area contributed by atoms with Gasteiger partial charge >= 0.3 is 0 Å². The highest BCUT2D eigenvalue weighted by Crippen LogP contribution is 2.53. The van der Waals surface area contributed by atoms with Gasteiger partial charge in [0, 0.05) is 31.1 Å². The summed E-state index contributed by atoms with van der Waals surface area (Å²) in [5.41, 5.74) is 8.89. The summed E-state index contributed by atoms with van der Waals surface area (Å²) in [5, 5.41) is 6.36. The molecule has 3 atom stereocenters. The van der Waals surface area contributed by atoms with Crippen molar-refractivity contribution in [2.75, 3.05) is 19.6 Å². The van der Waals surface area contributed by atoms with Crippen LogP contribution in [0.3, 0.4) is 0 Å². The molecule has 1 aliphatic carbocycles. The highest BCUT2D eigenvalue weighted by molar-refractivity contribution is 5.82. The second kappa shape index (κ2) is 9.43. The van der Waals surface area contributed by atoms with Crippen LogP contribution in [0.15, 0.2) is 54.6 Å². The third-order valence-corrected chi connectivity index (χ3v) is 6.94. The molecule has 32 heavy (non-hydrogen) atoms. The van der Waals surface area contributed by atoms with Crippen molar-refractivity contribution in [2.24, 2.45) is 17.1 Å². The number of nitrogens with one attached hydrogen (secondary N) is 2. The van der Waals surface area contributed by atoms with Crippen molar-refractivity contribution in [1.82, 2.24) is 15.5 Å². The van der Waals surface area contributed by atoms with E-state index in [4.69, 9.17) is 5.73 Å². The summed E-state index contributed by atoms with van der Waals surface area (Å²) >= 11 is 0. The molecule has 0 unspecified atom stereocenters. The number of likely N-dealkylation sites (tertiary alicyclic amines) is 1. The zero-order valence-corrected chi connectivity index (χ0v) is 19.0. The predicted molar refractivity (Wildman–Crippen MR) is 126 cm³/mol.